The van der Waals surface area contributed by atoms with E-state index in [0.717, 1.165) is 33.8 Å². The normalized spacial score (nSPS) is 12.2. The number of hydrogen-bond acceptors (Lipinski definition) is 1. The molecule has 0 aliphatic heterocycles. The van der Waals surface area contributed by atoms with Crippen molar-refractivity contribution in [1.29, 1.82) is 0 Å². The van der Waals surface area contributed by atoms with Gasteiger partial charge in [-0.2, -0.15) is 0 Å². The predicted octanol–water partition coefficient (Wildman–Crippen LogP) is 4.05. The molecule has 1 rings (SSSR count). The summed E-state index contributed by atoms with van der Waals surface area (Å²) in [6, 6.07) is 5.95. The Kier molecular flexibility index (Phi) is 6.20. The van der Waals surface area contributed by atoms with Gasteiger partial charge in [0.1, 0.15) is 0 Å². The molecule has 0 aliphatic carbocycles. The van der Waals surface area contributed by atoms with Gasteiger partial charge in [-0.1, -0.05) is 38.8 Å². The first-order valence-corrected chi connectivity index (χ1v) is 7.63. The first kappa shape index (κ1) is 14.7. The fourth-order valence-corrected chi connectivity index (χ4v) is 2.68. The second-order valence-corrected chi connectivity index (χ2v) is 5.72. The lowest BCUT2D eigenvalue weighted by atomic mass is 10.1. The highest BCUT2D eigenvalue weighted by atomic mass is 79.9. The predicted molar refractivity (Wildman–Crippen MR) is 78.8 cm³/mol. The van der Waals surface area contributed by atoms with E-state index < -0.39 is 0 Å². The van der Waals surface area contributed by atoms with Crippen LogP contribution in [0, 0.1) is 6.92 Å². The average Bonchev–Trinajstić information content (AvgIpc) is 2.28. The van der Waals surface area contributed by atoms with Crippen LogP contribution in [0.25, 0.3) is 0 Å². The van der Waals surface area contributed by atoms with Gasteiger partial charge in [0, 0.05) is 21.4 Å². The number of aryl methyl sites for hydroxylation is 1. The van der Waals surface area contributed by atoms with Crippen molar-refractivity contribution in [3.8, 4) is 0 Å². The molecule has 0 radical (unpaired) electrons. The lowest BCUT2D eigenvalue weighted by Gasteiger charge is -2.16. The first-order valence-electron chi connectivity index (χ1n) is 5.71. The summed E-state index contributed by atoms with van der Waals surface area (Å²) in [7, 11) is 0. The molecule has 1 amide bonds. The Morgan fingerprint density at radius 3 is 2.71 bits per heavy atom. The molecule has 0 heterocycles. The Bertz CT molecular complexity index is 393. The van der Waals surface area contributed by atoms with Crippen molar-refractivity contribution in [2.75, 3.05) is 5.33 Å². The van der Waals surface area contributed by atoms with Gasteiger partial charge < -0.3 is 5.32 Å². The van der Waals surface area contributed by atoms with E-state index in [2.05, 4.69) is 44.1 Å². The van der Waals surface area contributed by atoms with E-state index in [1.807, 2.05) is 25.1 Å². The molecule has 1 N–H and O–H groups in total. The molecule has 0 aromatic heterocycles. The van der Waals surface area contributed by atoms with Gasteiger partial charge in [-0.15, -0.1) is 0 Å². The maximum absolute atomic E-state index is 12.1. The molecular formula is C13H17Br2NO. The molecule has 4 heteroatoms. The van der Waals surface area contributed by atoms with E-state index in [-0.39, 0.29) is 11.9 Å². The Hall–Kier alpha value is -0.350. The Morgan fingerprint density at radius 2 is 2.18 bits per heavy atom. The number of amides is 1. The van der Waals surface area contributed by atoms with Gasteiger partial charge in [0.15, 0.2) is 0 Å². The zero-order valence-corrected chi connectivity index (χ0v) is 13.3. The number of hydrogen-bond donors (Lipinski definition) is 1. The lowest BCUT2D eigenvalue weighted by Crippen LogP contribution is -2.35. The van der Waals surface area contributed by atoms with E-state index in [1.165, 1.54) is 0 Å². The van der Waals surface area contributed by atoms with Gasteiger partial charge in [0.2, 0.25) is 0 Å². The summed E-state index contributed by atoms with van der Waals surface area (Å²) in [5.74, 6) is 0.0165. The zero-order chi connectivity index (χ0) is 12.8. The highest BCUT2D eigenvalue weighted by Crippen LogP contribution is 2.16. The summed E-state index contributed by atoms with van der Waals surface area (Å²) < 4.78 is 0.999. The van der Waals surface area contributed by atoms with Gasteiger partial charge in [-0.25, -0.2) is 0 Å². The van der Waals surface area contributed by atoms with Crippen LogP contribution < -0.4 is 5.32 Å². The van der Waals surface area contributed by atoms with Crippen LogP contribution >= 0.6 is 31.9 Å². The number of halogens is 2. The van der Waals surface area contributed by atoms with Gasteiger partial charge in [0.05, 0.1) is 0 Å². The van der Waals surface area contributed by atoms with E-state index in [1.54, 1.807) is 0 Å². The quantitative estimate of drug-likeness (QED) is 0.786. The van der Waals surface area contributed by atoms with Crippen molar-refractivity contribution in [1.82, 2.24) is 5.32 Å². The maximum atomic E-state index is 12.1. The number of nitrogens with one attached hydrogen (secondary N) is 1. The monoisotopic (exact) mass is 361 g/mol. The fraction of sp³-hybridized carbons (Fsp3) is 0.462. The molecule has 1 atom stereocenters. The van der Waals surface area contributed by atoms with Crippen LogP contribution in [0.3, 0.4) is 0 Å². The van der Waals surface area contributed by atoms with Gasteiger partial charge in [0.25, 0.3) is 5.91 Å². The number of carbonyl (C=O) groups excluding carboxylic acids is 1. The number of rotatable bonds is 5. The molecule has 0 bridgehead atoms. The topological polar surface area (TPSA) is 29.1 Å². The van der Waals surface area contributed by atoms with Crippen LogP contribution in [0.5, 0.6) is 0 Å². The summed E-state index contributed by atoms with van der Waals surface area (Å²) in [6.45, 7) is 4.03. The van der Waals surface area contributed by atoms with E-state index >= 15 is 0 Å². The third-order valence-corrected chi connectivity index (χ3v) is 3.67. The van der Waals surface area contributed by atoms with Crippen molar-refractivity contribution in [3.63, 3.8) is 0 Å². The van der Waals surface area contributed by atoms with Crippen molar-refractivity contribution in [2.45, 2.75) is 32.7 Å². The molecule has 0 saturated carbocycles. The number of carbonyl (C=O) groups is 1. The number of benzene rings is 1. The minimum Gasteiger partial charge on any atom is -0.349 e. The molecule has 0 spiro atoms. The molecule has 0 aliphatic rings. The van der Waals surface area contributed by atoms with Gasteiger partial charge in [-0.3, -0.25) is 4.79 Å². The molecule has 2 nitrogen and oxygen atoms in total. The van der Waals surface area contributed by atoms with E-state index in [0.29, 0.717) is 0 Å². The largest absolute Gasteiger partial charge is 0.349 e. The lowest BCUT2D eigenvalue weighted by molar-refractivity contribution is 0.0934. The van der Waals surface area contributed by atoms with Crippen molar-refractivity contribution in [2.24, 2.45) is 0 Å². The highest BCUT2D eigenvalue weighted by molar-refractivity contribution is 9.10. The summed E-state index contributed by atoms with van der Waals surface area (Å²) in [4.78, 5) is 12.1. The number of alkyl halides is 1. The summed E-state index contributed by atoms with van der Waals surface area (Å²) in [6.07, 6.45) is 1.91. The minimum atomic E-state index is 0.0165. The van der Waals surface area contributed by atoms with Gasteiger partial charge >= 0.3 is 0 Å². The Morgan fingerprint density at radius 1 is 1.47 bits per heavy atom. The van der Waals surface area contributed by atoms with Crippen LogP contribution in [-0.4, -0.2) is 17.3 Å². The molecule has 94 valence electrons. The molecule has 0 saturated heterocycles. The third kappa shape index (κ3) is 4.43. The molecular weight excluding hydrogens is 346 g/mol. The Balaban J connectivity index is 2.75. The van der Waals surface area contributed by atoms with Crippen LogP contribution in [-0.2, 0) is 0 Å². The SMILES string of the molecule is CCC(CCBr)NC(=O)c1ccc(Br)cc1C. The van der Waals surface area contributed by atoms with Crippen LogP contribution in [0.15, 0.2) is 22.7 Å². The first-order chi connectivity index (χ1) is 8.08. The molecule has 1 aromatic rings. The van der Waals surface area contributed by atoms with Crippen molar-refractivity contribution in [3.05, 3.63) is 33.8 Å². The maximum Gasteiger partial charge on any atom is 0.251 e. The average molecular weight is 363 g/mol. The molecule has 1 unspecified atom stereocenters. The summed E-state index contributed by atoms with van der Waals surface area (Å²) in [5, 5.41) is 3.97. The molecule has 0 fully saturated rings. The summed E-state index contributed by atoms with van der Waals surface area (Å²) in [5.41, 5.74) is 1.74. The van der Waals surface area contributed by atoms with E-state index in [4.69, 9.17) is 0 Å². The third-order valence-electron chi connectivity index (χ3n) is 2.72. The van der Waals surface area contributed by atoms with Crippen molar-refractivity contribution >= 4 is 37.8 Å². The summed E-state index contributed by atoms with van der Waals surface area (Å²) >= 11 is 6.80. The smallest absolute Gasteiger partial charge is 0.251 e. The standard InChI is InChI=1S/C13H17Br2NO/c1-3-11(6-7-14)16-13(17)12-5-4-10(15)8-9(12)2/h4-5,8,11H,3,6-7H2,1-2H3,(H,16,17). The Labute approximate surface area is 119 Å². The minimum absolute atomic E-state index is 0.0165. The second kappa shape index (κ2) is 7.17. The van der Waals surface area contributed by atoms with E-state index in [9.17, 15) is 4.79 Å². The van der Waals surface area contributed by atoms with Gasteiger partial charge in [-0.05, 0) is 43.5 Å². The van der Waals surface area contributed by atoms with Crippen LogP contribution in [0.2, 0.25) is 0 Å². The second-order valence-electron chi connectivity index (χ2n) is 4.02. The molecule has 17 heavy (non-hydrogen) atoms. The van der Waals surface area contributed by atoms with Crippen LogP contribution in [0.4, 0.5) is 0 Å². The van der Waals surface area contributed by atoms with Crippen LogP contribution in [0.1, 0.15) is 35.7 Å². The molecule has 1 aromatic carbocycles. The fourth-order valence-electron chi connectivity index (χ4n) is 1.66. The van der Waals surface area contributed by atoms with Crippen molar-refractivity contribution < 1.29 is 4.79 Å². The highest BCUT2D eigenvalue weighted by Gasteiger charge is 2.13. The zero-order valence-electron chi connectivity index (χ0n) is 10.1.